The minimum absolute atomic E-state index is 0.0210. The van der Waals surface area contributed by atoms with Crippen LogP contribution in [0.3, 0.4) is 0 Å². The van der Waals surface area contributed by atoms with Gasteiger partial charge in [-0.2, -0.15) is 8.42 Å². The Morgan fingerprint density at radius 3 is 2.32 bits per heavy atom. The number of Topliss-reactive ketones (excluding diaryl/α,β-unsaturated/α-hetero) is 1. The molecule has 0 aliphatic heterocycles. The Hall–Kier alpha value is -0.990. The largest absolute Gasteiger partial charge is 0.458 e. The number of esters is 1. The lowest BCUT2D eigenvalue weighted by Crippen LogP contribution is -2.54. The number of carbonyl (C=O) groups excluding carboxylic acids is 2. The van der Waals surface area contributed by atoms with E-state index in [9.17, 15) is 18.0 Å². The predicted molar refractivity (Wildman–Crippen MR) is 113 cm³/mol. The molecule has 0 bridgehead atoms. The van der Waals surface area contributed by atoms with Crippen molar-refractivity contribution < 1.29 is 31.5 Å². The first-order valence-electron chi connectivity index (χ1n) is 11.8. The number of fused-ring (bicyclic) bond motifs is 5. The number of hydrogen-bond donors (Lipinski definition) is 1. The van der Waals surface area contributed by atoms with E-state index >= 15 is 0 Å². The Labute approximate surface area is 185 Å². The Kier molecular flexibility index (Phi) is 6.06. The molecule has 31 heavy (non-hydrogen) atoms. The second-order valence-corrected chi connectivity index (χ2v) is 12.0. The summed E-state index contributed by atoms with van der Waals surface area (Å²) in [6, 6.07) is 0. The van der Waals surface area contributed by atoms with Gasteiger partial charge in [0.1, 0.15) is 6.61 Å². The third-order valence-electron chi connectivity index (χ3n) is 9.68. The smallest absolute Gasteiger partial charge is 0.397 e. The Morgan fingerprint density at radius 1 is 0.968 bits per heavy atom. The molecule has 0 aromatic heterocycles. The lowest BCUT2D eigenvalue weighted by molar-refractivity contribution is -0.151. The van der Waals surface area contributed by atoms with Crippen LogP contribution in [0.15, 0.2) is 0 Å². The number of carbonyl (C=O) groups is 2. The van der Waals surface area contributed by atoms with Gasteiger partial charge in [0.15, 0.2) is 5.78 Å². The molecular formula is C23H36O7S. The second-order valence-electron chi connectivity index (χ2n) is 11.0. The van der Waals surface area contributed by atoms with Crippen LogP contribution in [0.25, 0.3) is 0 Å². The zero-order valence-corrected chi connectivity index (χ0v) is 19.7. The Morgan fingerprint density at radius 2 is 1.65 bits per heavy atom. The van der Waals surface area contributed by atoms with Gasteiger partial charge < -0.3 is 4.74 Å². The molecule has 0 aromatic rings. The average molecular weight is 457 g/mol. The normalized spacial score (nSPS) is 44.6. The maximum Gasteiger partial charge on any atom is 0.397 e. The molecule has 7 nitrogen and oxygen atoms in total. The summed E-state index contributed by atoms with van der Waals surface area (Å²) in [5, 5.41) is 0. The van der Waals surface area contributed by atoms with Crippen molar-refractivity contribution in [3.05, 3.63) is 0 Å². The Bertz CT molecular complexity index is 839. The zero-order chi connectivity index (χ0) is 22.6. The highest BCUT2D eigenvalue weighted by atomic mass is 32.3. The third-order valence-corrected chi connectivity index (χ3v) is 10.2. The second kappa shape index (κ2) is 8.10. The van der Waals surface area contributed by atoms with Crippen molar-refractivity contribution in [1.82, 2.24) is 0 Å². The van der Waals surface area contributed by atoms with E-state index in [2.05, 4.69) is 13.8 Å². The standard InChI is InChI=1S/C23H36O7S/c1-14(24)29-13-21(25)20-7-6-18-17-5-4-15-12-16(30-31(26,27)28)8-10-22(15,2)19(17)9-11-23(18,20)3/h15-20H,4-13H2,1-3H3,(H,26,27,28)/t15-,16-,17+,18-,19-,20+,22+,23-/m1/s1. The van der Waals surface area contributed by atoms with Gasteiger partial charge in [-0.15, -0.1) is 0 Å². The van der Waals surface area contributed by atoms with E-state index in [-0.39, 0.29) is 29.1 Å². The van der Waals surface area contributed by atoms with E-state index in [0.29, 0.717) is 36.5 Å². The van der Waals surface area contributed by atoms with Gasteiger partial charge in [0.2, 0.25) is 0 Å². The van der Waals surface area contributed by atoms with Gasteiger partial charge in [0.25, 0.3) is 0 Å². The molecule has 8 heteroatoms. The minimum atomic E-state index is -4.41. The fourth-order valence-electron chi connectivity index (χ4n) is 8.28. The molecule has 0 heterocycles. The van der Waals surface area contributed by atoms with Gasteiger partial charge >= 0.3 is 16.4 Å². The van der Waals surface area contributed by atoms with Crippen molar-refractivity contribution in [2.75, 3.05) is 6.61 Å². The molecule has 0 spiro atoms. The van der Waals surface area contributed by atoms with Gasteiger partial charge in [-0.3, -0.25) is 14.1 Å². The summed E-state index contributed by atoms with van der Waals surface area (Å²) in [6.45, 7) is 5.89. The summed E-state index contributed by atoms with van der Waals surface area (Å²) >= 11 is 0. The number of hydrogen-bond acceptors (Lipinski definition) is 6. The summed E-state index contributed by atoms with van der Waals surface area (Å²) in [4.78, 5) is 24.0. The molecule has 4 aliphatic rings. The molecule has 0 unspecified atom stereocenters. The molecule has 176 valence electrons. The summed E-state index contributed by atoms with van der Waals surface area (Å²) in [5.74, 6) is 1.73. The van der Waals surface area contributed by atoms with Crippen LogP contribution in [-0.2, 0) is 28.9 Å². The fraction of sp³-hybridized carbons (Fsp3) is 0.913. The lowest BCUT2D eigenvalue weighted by Gasteiger charge is -2.61. The van der Waals surface area contributed by atoms with E-state index < -0.39 is 22.5 Å². The molecule has 4 saturated carbocycles. The van der Waals surface area contributed by atoms with E-state index in [4.69, 9.17) is 13.5 Å². The van der Waals surface area contributed by atoms with E-state index in [1.807, 2.05) is 0 Å². The van der Waals surface area contributed by atoms with Crippen LogP contribution >= 0.6 is 0 Å². The number of ether oxygens (including phenoxy) is 1. The molecule has 0 saturated heterocycles. The van der Waals surface area contributed by atoms with Crippen molar-refractivity contribution in [1.29, 1.82) is 0 Å². The minimum Gasteiger partial charge on any atom is -0.458 e. The van der Waals surface area contributed by atoms with Crippen LogP contribution in [-0.4, -0.2) is 37.4 Å². The molecule has 1 N–H and O–H groups in total. The molecule has 0 aromatic carbocycles. The zero-order valence-electron chi connectivity index (χ0n) is 18.8. The summed E-state index contributed by atoms with van der Waals surface area (Å²) in [6.07, 6.45) is 8.03. The van der Waals surface area contributed by atoms with Crippen LogP contribution in [0.5, 0.6) is 0 Å². The van der Waals surface area contributed by atoms with Gasteiger partial charge in [0, 0.05) is 12.8 Å². The molecule has 4 rings (SSSR count). The lowest BCUT2D eigenvalue weighted by atomic mass is 9.44. The molecule has 0 radical (unpaired) electrons. The predicted octanol–water partition coefficient (Wildman–Crippen LogP) is 3.97. The van der Waals surface area contributed by atoms with Crippen molar-refractivity contribution >= 4 is 22.2 Å². The molecule has 0 amide bonds. The van der Waals surface area contributed by atoms with Crippen LogP contribution < -0.4 is 0 Å². The topological polar surface area (TPSA) is 107 Å². The highest BCUT2D eigenvalue weighted by molar-refractivity contribution is 7.80. The monoisotopic (exact) mass is 456 g/mol. The average Bonchev–Trinajstić information content (AvgIpc) is 3.02. The van der Waals surface area contributed by atoms with Crippen molar-refractivity contribution in [2.45, 2.75) is 84.7 Å². The summed E-state index contributed by atoms with van der Waals surface area (Å²) < 4.78 is 41.4. The quantitative estimate of drug-likeness (QED) is 0.493. The first kappa shape index (κ1) is 23.2. The highest BCUT2D eigenvalue weighted by Crippen LogP contribution is 2.67. The van der Waals surface area contributed by atoms with Gasteiger partial charge in [-0.05, 0) is 92.3 Å². The van der Waals surface area contributed by atoms with Crippen molar-refractivity contribution in [2.24, 2.45) is 40.4 Å². The van der Waals surface area contributed by atoms with Crippen LogP contribution in [0.2, 0.25) is 0 Å². The van der Waals surface area contributed by atoms with Gasteiger partial charge in [-0.1, -0.05) is 13.8 Å². The summed E-state index contributed by atoms with van der Waals surface area (Å²) in [7, 11) is -4.41. The first-order chi connectivity index (χ1) is 14.4. The Balaban J connectivity index is 1.48. The maximum atomic E-state index is 12.9. The van der Waals surface area contributed by atoms with Crippen molar-refractivity contribution in [3.63, 3.8) is 0 Å². The molecule has 8 atom stereocenters. The van der Waals surface area contributed by atoms with Gasteiger partial charge in [-0.25, -0.2) is 4.18 Å². The first-order valence-corrected chi connectivity index (χ1v) is 13.1. The molecule has 4 aliphatic carbocycles. The highest BCUT2D eigenvalue weighted by Gasteiger charge is 2.61. The van der Waals surface area contributed by atoms with Crippen LogP contribution in [0.4, 0.5) is 0 Å². The van der Waals surface area contributed by atoms with Crippen LogP contribution in [0.1, 0.15) is 78.6 Å². The van der Waals surface area contributed by atoms with Crippen molar-refractivity contribution in [3.8, 4) is 0 Å². The van der Waals surface area contributed by atoms with Gasteiger partial charge in [0.05, 0.1) is 6.10 Å². The number of ketones is 1. The molecule has 4 fully saturated rings. The number of rotatable bonds is 5. The summed E-state index contributed by atoms with van der Waals surface area (Å²) in [5.41, 5.74) is 0.135. The SMILES string of the molecule is CC(=O)OCC(=O)[C@@H]1CC[C@@H]2[C@@H]3CC[C@@H]4C[C@H](OS(=O)(=O)O)CC[C@]4(C)[C@@H]3CC[C@]21C. The third kappa shape index (κ3) is 4.20. The van der Waals surface area contributed by atoms with Crippen LogP contribution in [0, 0.1) is 40.4 Å². The van der Waals surface area contributed by atoms with E-state index in [0.717, 1.165) is 44.9 Å². The maximum absolute atomic E-state index is 12.9. The van der Waals surface area contributed by atoms with E-state index in [1.54, 1.807) is 0 Å². The molecular weight excluding hydrogens is 420 g/mol. The fourth-order valence-corrected chi connectivity index (χ4v) is 8.80. The van der Waals surface area contributed by atoms with E-state index in [1.165, 1.54) is 6.92 Å².